The number of benzene rings is 1. The van der Waals surface area contributed by atoms with Gasteiger partial charge >= 0.3 is 0 Å². The topological polar surface area (TPSA) is 69.7 Å². The van der Waals surface area contributed by atoms with Crippen molar-refractivity contribution in [2.75, 3.05) is 32.7 Å². The van der Waals surface area contributed by atoms with Crippen LogP contribution in [0.4, 0.5) is 4.39 Å². The van der Waals surface area contributed by atoms with E-state index in [4.69, 9.17) is 0 Å². The Hall–Kier alpha value is -1.51. The smallest absolute Gasteiger partial charge is 0.251 e. The van der Waals surface area contributed by atoms with Crippen molar-refractivity contribution in [3.63, 3.8) is 0 Å². The molecule has 0 saturated carbocycles. The number of hydrogen-bond acceptors (Lipinski definition) is 4. The van der Waals surface area contributed by atoms with Crippen LogP contribution in [-0.4, -0.2) is 62.3 Å². The molecule has 1 aromatic rings. The molecule has 0 spiro atoms. The molecule has 1 aromatic carbocycles. The van der Waals surface area contributed by atoms with Gasteiger partial charge in [0.2, 0.25) is 10.0 Å². The Balaban J connectivity index is 1.67. The number of nitrogens with zero attached hydrogens (tertiary/aromatic N) is 2. The van der Waals surface area contributed by atoms with E-state index in [0.29, 0.717) is 25.6 Å². The van der Waals surface area contributed by atoms with Crippen molar-refractivity contribution in [1.82, 2.24) is 14.5 Å². The van der Waals surface area contributed by atoms with Gasteiger partial charge in [-0.15, -0.1) is 0 Å². The van der Waals surface area contributed by atoms with E-state index < -0.39 is 20.7 Å². The number of likely N-dealkylation sites (tertiary alicyclic amines) is 1. The summed E-state index contributed by atoms with van der Waals surface area (Å²) in [5, 5.41) is 2.88. The Morgan fingerprint density at radius 3 is 2.62 bits per heavy atom. The highest BCUT2D eigenvalue weighted by Crippen LogP contribution is 2.24. The molecule has 3 rings (SSSR count). The average molecular weight is 426 g/mol. The van der Waals surface area contributed by atoms with Crippen LogP contribution in [0, 0.1) is 11.7 Å². The predicted molar refractivity (Wildman–Crippen MR) is 111 cm³/mol. The third kappa shape index (κ3) is 5.35. The van der Waals surface area contributed by atoms with Crippen molar-refractivity contribution in [2.24, 2.45) is 5.92 Å². The standard InChI is InChI=1S/C21H32FN3O3S/c1-16-7-6-10-24(15-16)17(2)14-23-21(26)18-8-9-19(22)20(13-18)29(27,28)25-11-4-3-5-12-25/h8-9,13,16-17H,3-7,10-12,14-15H2,1-2H3,(H,23,26). The van der Waals surface area contributed by atoms with Crippen molar-refractivity contribution >= 4 is 15.9 Å². The molecule has 2 unspecified atom stereocenters. The first-order valence-corrected chi connectivity index (χ1v) is 12.0. The monoisotopic (exact) mass is 425 g/mol. The fourth-order valence-corrected chi connectivity index (χ4v) is 5.79. The number of hydrogen-bond donors (Lipinski definition) is 1. The van der Waals surface area contributed by atoms with Gasteiger partial charge in [-0.05, 0) is 63.3 Å². The van der Waals surface area contributed by atoms with E-state index in [1.54, 1.807) is 0 Å². The van der Waals surface area contributed by atoms with Crippen LogP contribution < -0.4 is 5.32 Å². The fraction of sp³-hybridized carbons (Fsp3) is 0.667. The van der Waals surface area contributed by atoms with Crippen molar-refractivity contribution in [3.8, 4) is 0 Å². The molecule has 1 amide bonds. The summed E-state index contributed by atoms with van der Waals surface area (Å²) >= 11 is 0. The van der Waals surface area contributed by atoms with Gasteiger partial charge in [0.05, 0.1) is 0 Å². The summed E-state index contributed by atoms with van der Waals surface area (Å²) < 4.78 is 41.3. The Bertz CT molecular complexity index is 824. The van der Waals surface area contributed by atoms with E-state index in [0.717, 1.165) is 44.8 Å². The van der Waals surface area contributed by atoms with Crippen LogP contribution in [-0.2, 0) is 10.0 Å². The SMILES string of the molecule is CC1CCCN(C(C)CNC(=O)c2ccc(F)c(S(=O)(=O)N3CCCCC3)c2)C1. The average Bonchev–Trinajstić information content (AvgIpc) is 2.72. The second-order valence-electron chi connectivity index (χ2n) is 8.41. The second kappa shape index (κ2) is 9.53. The fourth-order valence-electron chi connectivity index (χ4n) is 4.18. The van der Waals surface area contributed by atoms with Crippen LogP contribution in [0.25, 0.3) is 0 Å². The number of nitrogens with one attached hydrogen (secondary N) is 1. The molecule has 2 aliphatic heterocycles. The van der Waals surface area contributed by atoms with Crippen LogP contribution in [0.3, 0.4) is 0 Å². The zero-order valence-electron chi connectivity index (χ0n) is 17.4. The summed E-state index contributed by atoms with van der Waals surface area (Å²) in [6, 6.07) is 3.77. The molecule has 162 valence electrons. The lowest BCUT2D eigenvalue weighted by molar-refractivity contribution is 0.0917. The Labute approximate surface area is 173 Å². The molecule has 2 atom stereocenters. The zero-order chi connectivity index (χ0) is 21.0. The molecule has 0 radical (unpaired) electrons. The minimum absolute atomic E-state index is 0.168. The van der Waals surface area contributed by atoms with Crippen LogP contribution in [0.15, 0.2) is 23.1 Å². The first-order valence-electron chi connectivity index (χ1n) is 10.6. The van der Waals surface area contributed by atoms with E-state index in [1.165, 1.54) is 22.9 Å². The molecular formula is C21H32FN3O3S. The second-order valence-corrected chi connectivity index (χ2v) is 10.3. The lowest BCUT2D eigenvalue weighted by Crippen LogP contribution is -2.46. The van der Waals surface area contributed by atoms with Crippen molar-refractivity contribution < 1.29 is 17.6 Å². The summed E-state index contributed by atoms with van der Waals surface area (Å²) in [5.74, 6) is -0.540. The first kappa shape index (κ1) is 22.2. The largest absolute Gasteiger partial charge is 0.350 e. The molecule has 2 saturated heterocycles. The maximum Gasteiger partial charge on any atom is 0.251 e. The lowest BCUT2D eigenvalue weighted by Gasteiger charge is -2.35. The van der Waals surface area contributed by atoms with Gasteiger partial charge in [-0.25, -0.2) is 12.8 Å². The van der Waals surface area contributed by atoms with Gasteiger partial charge in [-0.3, -0.25) is 9.69 Å². The third-order valence-electron chi connectivity index (χ3n) is 6.00. The Kier molecular flexibility index (Phi) is 7.29. The summed E-state index contributed by atoms with van der Waals surface area (Å²) in [6.45, 7) is 7.61. The summed E-state index contributed by atoms with van der Waals surface area (Å²) in [4.78, 5) is 14.6. The van der Waals surface area contributed by atoms with Crippen LogP contribution in [0.2, 0.25) is 0 Å². The number of carbonyl (C=O) groups is 1. The van der Waals surface area contributed by atoms with E-state index in [-0.39, 0.29) is 17.5 Å². The number of halogens is 1. The number of sulfonamides is 1. The van der Waals surface area contributed by atoms with Gasteiger partial charge in [-0.2, -0.15) is 4.31 Å². The van der Waals surface area contributed by atoms with Crippen molar-refractivity contribution in [3.05, 3.63) is 29.6 Å². The van der Waals surface area contributed by atoms with E-state index in [1.807, 2.05) is 0 Å². The highest BCUT2D eigenvalue weighted by Gasteiger charge is 2.29. The molecule has 8 heteroatoms. The molecule has 2 fully saturated rings. The van der Waals surface area contributed by atoms with Gasteiger partial charge in [0.25, 0.3) is 5.91 Å². The summed E-state index contributed by atoms with van der Waals surface area (Å²) in [6.07, 6.45) is 4.92. The zero-order valence-corrected chi connectivity index (χ0v) is 18.2. The number of amides is 1. The van der Waals surface area contributed by atoms with Crippen LogP contribution >= 0.6 is 0 Å². The predicted octanol–water partition coefficient (Wildman–Crippen LogP) is 2.85. The van der Waals surface area contributed by atoms with Gasteiger partial charge in [0, 0.05) is 37.8 Å². The molecule has 0 bridgehead atoms. The minimum Gasteiger partial charge on any atom is -0.350 e. The van der Waals surface area contributed by atoms with E-state index >= 15 is 0 Å². The van der Waals surface area contributed by atoms with Gasteiger partial charge < -0.3 is 5.32 Å². The summed E-state index contributed by atoms with van der Waals surface area (Å²) in [7, 11) is -3.93. The third-order valence-corrected chi connectivity index (χ3v) is 7.91. The maximum atomic E-state index is 14.3. The number of rotatable bonds is 6. The molecule has 6 nitrogen and oxygen atoms in total. The normalized spacial score (nSPS) is 22.9. The maximum absolute atomic E-state index is 14.3. The van der Waals surface area contributed by atoms with Crippen LogP contribution in [0.1, 0.15) is 56.3 Å². The van der Waals surface area contributed by atoms with E-state index in [2.05, 4.69) is 24.1 Å². The molecule has 2 heterocycles. The Morgan fingerprint density at radius 2 is 1.93 bits per heavy atom. The number of piperidine rings is 2. The highest BCUT2D eigenvalue weighted by atomic mass is 32.2. The first-order chi connectivity index (χ1) is 13.8. The molecule has 0 aliphatic carbocycles. The lowest BCUT2D eigenvalue weighted by atomic mass is 9.99. The van der Waals surface area contributed by atoms with Crippen molar-refractivity contribution in [1.29, 1.82) is 0 Å². The quantitative estimate of drug-likeness (QED) is 0.761. The van der Waals surface area contributed by atoms with Gasteiger partial charge in [-0.1, -0.05) is 13.3 Å². The Morgan fingerprint density at radius 1 is 1.21 bits per heavy atom. The van der Waals surface area contributed by atoms with Crippen LogP contribution in [0.5, 0.6) is 0 Å². The molecular weight excluding hydrogens is 393 g/mol. The summed E-state index contributed by atoms with van der Waals surface area (Å²) in [5.41, 5.74) is 0.168. The highest BCUT2D eigenvalue weighted by molar-refractivity contribution is 7.89. The van der Waals surface area contributed by atoms with Gasteiger partial charge in [0.15, 0.2) is 0 Å². The molecule has 0 aromatic heterocycles. The van der Waals surface area contributed by atoms with E-state index in [9.17, 15) is 17.6 Å². The minimum atomic E-state index is -3.93. The number of carbonyl (C=O) groups excluding carboxylic acids is 1. The molecule has 1 N–H and O–H groups in total. The van der Waals surface area contributed by atoms with Gasteiger partial charge in [0.1, 0.15) is 10.7 Å². The van der Waals surface area contributed by atoms with Crippen molar-refractivity contribution in [2.45, 2.75) is 56.9 Å². The molecule has 2 aliphatic rings. The molecule has 29 heavy (non-hydrogen) atoms.